The monoisotopic (exact) mass is 887 g/mol. The molecular formula is C59H49N7O2. The normalized spacial score (nSPS) is 12.1. The van der Waals surface area contributed by atoms with Crippen molar-refractivity contribution in [3.05, 3.63) is 187 Å². The third-order valence-corrected chi connectivity index (χ3v) is 13.3. The van der Waals surface area contributed by atoms with E-state index >= 15 is 0 Å². The lowest BCUT2D eigenvalue weighted by atomic mass is 9.97. The van der Waals surface area contributed by atoms with Crippen molar-refractivity contribution >= 4 is 65.4 Å². The van der Waals surface area contributed by atoms with Gasteiger partial charge in [-0.1, -0.05) is 90.1 Å². The zero-order valence-electron chi connectivity index (χ0n) is 38.8. The van der Waals surface area contributed by atoms with Crippen molar-refractivity contribution in [3.63, 3.8) is 0 Å². The summed E-state index contributed by atoms with van der Waals surface area (Å²) in [6, 6.07) is 50.4. The average molecular weight is 888 g/mol. The molecule has 0 spiro atoms. The largest absolute Gasteiger partial charge is 0.457 e. The number of hydrogen-bond acceptors (Lipinski definition) is 6. The molecule has 332 valence electrons. The molecule has 0 saturated carbocycles. The van der Waals surface area contributed by atoms with Gasteiger partial charge in [0.2, 0.25) is 5.95 Å². The van der Waals surface area contributed by atoms with E-state index in [-0.39, 0.29) is 17.8 Å². The summed E-state index contributed by atoms with van der Waals surface area (Å²) in [5, 5.41) is 6.89. The van der Waals surface area contributed by atoms with Crippen molar-refractivity contribution in [2.75, 3.05) is 0 Å². The van der Waals surface area contributed by atoms with Gasteiger partial charge in [0.25, 0.3) is 0 Å². The number of ether oxygens (including phenoxy) is 2. The summed E-state index contributed by atoms with van der Waals surface area (Å²) in [7, 11) is 0. The Morgan fingerprint density at radius 2 is 0.809 bits per heavy atom. The van der Waals surface area contributed by atoms with Crippen molar-refractivity contribution in [1.29, 1.82) is 0 Å². The van der Waals surface area contributed by atoms with Crippen LogP contribution in [0.4, 0.5) is 0 Å². The lowest BCUT2D eigenvalue weighted by molar-refractivity contribution is 0.483. The van der Waals surface area contributed by atoms with Gasteiger partial charge in [-0.05, 0) is 107 Å². The van der Waals surface area contributed by atoms with E-state index in [9.17, 15) is 0 Å². The van der Waals surface area contributed by atoms with E-state index < -0.39 is 0 Å². The van der Waals surface area contributed by atoms with Gasteiger partial charge in [0.15, 0.2) is 0 Å². The van der Waals surface area contributed by atoms with Crippen LogP contribution < -0.4 is 9.47 Å². The highest BCUT2D eigenvalue weighted by Gasteiger charge is 2.23. The van der Waals surface area contributed by atoms with Gasteiger partial charge in [-0.15, -0.1) is 0 Å². The third-order valence-electron chi connectivity index (χ3n) is 13.3. The molecule has 0 aliphatic carbocycles. The molecule has 0 unspecified atom stereocenters. The Morgan fingerprint density at radius 1 is 0.368 bits per heavy atom. The summed E-state index contributed by atoms with van der Waals surface area (Å²) < 4.78 is 20.4. The molecule has 9 heteroatoms. The maximum atomic E-state index is 6.92. The Labute approximate surface area is 393 Å². The van der Waals surface area contributed by atoms with E-state index in [1.807, 2.05) is 49.1 Å². The molecule has 0 atom stereocenters. The van der Waals surface area contributed by atoms with Crippen LogP contribution in [-0.2, 0) is 0 Å². The van der Waals surface area contributed by atoms with E-state index in [2.05, 4.69) is 177 Å². The molecule has 0 radical (unpaired) electrons. The zero-order chi connectivity index (χ0) is 46.2. The second-order valence-electron chi connectivity index (χ2n) is 18.6. The second kappa shape index (κ2) is 16.2. The fraction of sp³-hybridized carbons (Fsp3) is 0.153. The first-order valence-corrected chi connectivity index (χ1v) is 23.4. The maximum absolute atomic E-state index is 6.92. The van der Waals surface area contributed by atoms with E-state index in [4.69, 9.17) is 29.4 Å². The van der Waals surface area contributed by atoms with Crippen molar-refractivity contribution in [3.8, 4) is 40.6 Å². The number of para-hydroxylation sites is 2. The van der Waals surface area contributed by atoms with E-state index in [0.717, 1.165) is 72.6 Å². The van der Waals surface area contributed by atoms with Crippen LogP contribution in [0.2, 0.25) is 0 Å². The molecule has 12 aromatic rings. The van der Waals surface area contributed by atoms with Gasteiger partial charge < -0.3 is 9.47 Å². The minimum Gasteiger partial charge on any atom is -0.457 e. The molecule has 6 aromatic heterocycles. The molecule has 9 nitrogen and oxygen atoms in total. The molecule has 0 aliphatic heterocycles. The molecule has 12 rings (SSSR count). The zero-order valence-corrected chi connectivity index (χ0v) is 38.8. The number of rotatable bonds is 10. The highest BCUT2D eigenvalue weighted by molar-refractivity contribution is 6.13. The molecule has 0 aliphatic rings. The number of pyridine rings is 2. The number of aromatic nitrogens is 7. The molecule has 0 bridgehead atoms. The van der Waals surface area contributed by atoms with Crippen molar-refractivity contribution in [2.45, 2.75) is 59.3 Å². The number of benzene rings is 6. The highest BCUT2D eigenvalue weighted by Crippen LogP contribution is 2.44. The average Bonchev–Trinajstić information content (AvgIpc) is 3.99. The lowest BCUT2D eigenvalue weighted by Gasteiger charge is -2.14. The van der Waals surface area contributed by atoms with Crippen LogP contribution in [-0.4, -0.2) is 33.6 Å². The number of nitrogens with zero attached hydrogens (tertiary/aromatic N) is 7. The van der Waals surface area contributed by atoms with Gasteiger partial charge in [0, 0.05) is 81.4 Å². The summed E-state index contributed by atoms with van der Waals surface area (Å²) in [5.41, 5.74) is 9.63. The van der Waals surface area contributed by atoms with Gasteiger partial charge in [0.1, 0.15) is 34.6 Å². The van der Waals surface area contributed by atoms with Crippen LogP contribution in [0.3, 0.4) is 0 Å². The molecule has 0 amide bonds. The highest BCUT2D eigenvalue weighted by atomic mass is 16.5. The van der Waals surface area contributed by atoms with Gasteiger partial charge in [-0.3, -0.25) is 13.7 Å². The maximum Gasteiger partial charge on any atom is 0.234 e. The van der Waals surface area contributed by atoms with Gasteiger partial charge in [-0.25, -0.2) is 19.9 Å². The van der Waals surface area contributed by atoms with Crippen molar-refractivity contribution in [1.82, 2.24) is 33.6 Å². The topological polar surface area (TPSA) is 84.8 Å². The quantitative estimate of drug-likeness (QED) is 0.136. The summed E-state index contributed by atoms with van der Waals surface area (Å²) in [6.07, 6.45) is 7.54. The predicted octanol–water partition coefficient (Wildman–Crippen LogP) is 15.5. The first-order chi connectivity index (χ1) is 33.2. The SMILES string of the molecule is CC(C)c1cnc(-n2c3cc(Oc4cc(C(C)C)c5c6ccccc6n(-c6ccccn6)c5c4)ccc3c3ccc(Oc4cc(C(C)C)c5c6ccccc6n(-c6ccccn6)c5c4)cc32)nc1. The summed E-state index contributed by atoms with van der Waals surface area (Å²) >= 11 is 0. The number of fused-ring (bicyclic) bond motifs is 9. The van der Waals surface area contributed by atoms with Crippen LogP contribution in [0.5, 0.6) is 23.0 Å². The summed E-state index contributed by atoms with van der Waals surface area (Å²) in [4.78, 5) is 19.5. The van der Waals surface area contributed by atoms with Gasteiger partial charge >= 0.3 is 0 Å². The van der Waals surface area contributed by atoms with Crippen LogP contribution in [0.15, 0.2) is 170 Å². The first kappa shape index (κ1) is 41.2. The van der Waals surface area contributed by atoms with E-state index in [1.165, 1.54) is 32.7 Å². The molecular weight excluding hydrogens is 839 g/mol. The van der Waals surface area contributed by atoms with Gasteiger partial charge in [0.05, 0.1) is 33.1 Å². The smallest absolute Gasteiger partial charge is 0.234 e. The minimum atomic E-state index is 0.237. The first-order valence-electron chi connectivity index (χ1n) is 23.4. The van der Waals surface area contributed by atoms with Crippen LogP contribution in [0, 0.1) is 0 Å². The van der Waals surface area contributed by atoms with E-state index in [0.29, 0.717) is 17.4 Å². The Hall–Kier alpha value is -8.30. The summed E-state index contributed by atoms with van der Waals surface area (Å²) in [6.45, 7) is 13.3. The standard InChI is InChI=1S/C59H49N7O2/c1-35(2)38-33-62-59(63-34-38)66-51-29-39(67-41-27-47(36(3)4)57-45-15-7-9-17-49(45)64(53(57)31-41)55-19-11-13-25-60-55)21-23-43(51)44-24-22-40(30-52(44)66)68-42-28-48(37(5)6)58-46-16-8-10-18-50(46)65(54(58)32-42)56-20-12-14-26-61-56/h7-37H,1-6H3. The fourth-order valence-electron chi connectivity index (χ4n) is 10.0. The van der Waals surface area contributed by atoms with Crippen molar-refractivity contribution < 1.29 is 9.47 Å². The Balaban J connectivity index is 1.00. The predicted molar refractivity (Wildman–Crippen MR) is 276 cm³/mol. The summed E-state index contributed by atoms with van der Waals surface area (Å²) in [5.74, 6) is 5.93. The van der Waals surface area contributed by atoms with Gasteiger partial charge in [-0.2, -0.15) is 0 Å². The molecule has 0 fully saturated rings. The number of hydrogen-bond donors (Lipinski definition) is 0. The van der Waals surface area contributed by atoms with Crippen LogP contribution in [0.1, 0.15) is 76.0 Å². The van der Waals surface area contributed by atoms with E-state index in [1.54, 1.807) is 0 Å². The molecule has 68 heavy (non-hydrogen) atoms. The van der Waals surface area contributed by atoms with Crippen molar-refractivity contribution in [2.24, 2.45) is 0 Å². The lowest BCUT2D eigenvalue weighted by Crippen LogP contribution is -2.02. The fourth-order valence-corrected chi connectivity index (χ4v) is 10.0. The Morgan fingerprint density at radius 3 is 1.24 bits per heavy atom. The third kappa shape index (κ3) is 6.76. The molecule has 0 N–H and O–H groups in total. The minimum absolute atomic E-state index is 0.237. The second-order valence-corrected chi connectivity index (χ2v) is 18.6. The Bertz CT molecular complexity index is 3660. The van der Waals surface area contributed by atoms with Crippen LogP contribution in [0.25, 0.3) is 83.0 Å². The Kier molecular flexibility index (Phi) is 9.83. The molecule has 0 saturated heterocycles. The molecule has 6 heterocycles. The van der Waals surface area contributed by atoms with Crippen LogP contribution >= 0.6 is 0 Å². The molecule has 6 aromatic carbocycles.